The van der Waals surface area contributed by atoms with E-state index >= 15 is 0 Å². The van der Waals surface area contributed by atoms with Crippen molar-refractivity contribution in [3.8, 4) is 0 Å². The van der Waals surface area contributed by atoms with E-state index < -0.39 is 0 Å². The maximum atomic E-state index is 11.7. The number of halogens is 2. The van der Waals surface area contributed by atoms with Crippen LogP contribution in [0.3, 0.4) is 0 Å². The second-order valence-corrected chi connectivity index (χ2v) is 4.54. The number of carbonyl (C=O) groups excluding carboxylic acids is 1. The van der Waals surface area contributed by atoms with Gasteiger partial charge in [-0.05, 0) is 19.1 Å². The molecule has 4 nitrogen and oxygen atoms in total. The number of aromatic nitrogens is 1. The molecule has 1 aromatic heterocycles. The van der Waals surface area contributed by atoms with Crippen molar-refractivity contribution in [2.24, 2.45) is 0 Å². The fourth-order valence-electron chi connectivity index (χ4n) is 1.18. The normalized spacial score (nSPS) is 10.2. The first-order valence-electron chi connectivity index (χ1n) is 5.32. The van der Waals surface area contributed by atoms with E-state index in [9.17, 15) is 4.79 Å². The van der Waals surface area contributed by atoms with E-state index in [0.29, 0.717) is 25.3 Å². The van der Waals surface area contributed by atoms with Crippen LogP contribution >= 0.6 is 23.2 Å². The lowest BCUT2D eigenvalue weighted by atomic mass is 10.2. The number of nitrogens with one attached hydrogen (secondary N) is 1. The topological polar surface area (TPSA) is 51.2 Å². The summed E-state index contributed by atoms with van der Waals surface area (Å²) in [5, 5.41) is 3.06. The van der Waals surface area contributed by atoms with Gasteiger partial charge in [0.25, 0.3) is 5.91 Å². The minimum absolute atomic E-state index is 0.186. The molecule has 1 heterocycles. The Kier molecular flexibility index (Phi) is 6.12. The lowest BCUT2D eigenvalue weighted by Crippen LogP contribution is -2.27. The van der Waals surface area contributed by atoms with Gasteiger partial charge < -0.3 is 10.1 Å². The van der Waals surface area contributed by atoms with E-state index in [4.69, 9.17) is 27.9 Å². The number of rotatable bonds is 6. The summed E-state index contributed by atoms with van der Waals surface area (Å²) in [6.07, 6.45) is 0. The van der Waals surface area contributed by atoms with Gasteiger partial charge in [0, 0.05) is 12.1 Å². The van der Waals surface area contributed by atoms with Crippen molar-refractivity contribution in [2.45, 2.75) is 6.92 Å². The second kappa shape index (κ2) is 7.36. The van der Waals surface area contributed by atoms with Gasteiger partial charge in [0.05, 0.1) is 13.2 Å². The van der Waals surface area contributed by atoms with Crippen molar-refractivity contribution in [2.75, 3.05) is 19.8 Å². The summed E-state index contributed by atoms with van der Waals surface area (Å²) in [6.45, 7) is 6.90. The van der Waals surface area contributed by atoms with Crippen LogP contribution in [0.5, 0.6) is 0 Å². The molecular weight excluding hydrogens is 275 g/mol. The summed E-state index contributed by atoms with van der Waals surface area (Å²) < 4.78 is 5.25. The minimum atomic E-state index is -0.264. The Balaban J connectivity index is 2.38. The zero-order valence-corrected chi connectivity index (χ0v) is 11.5. The lowest BCUT2D eigenvalue weighted by molar-refractivity contribution is 0.0926. The van der Waals surface area contributed by atoms with Crippen molar-refractivity contribution in [3.05, 3.63) is 40.2 Å². The molecule has 0 saturated heterocycles. The van der Waals surface area contributed by atoms with Crippen molar-refractivity contribution < 1.29 is 9.53 Å². The molecule has 1 N–H and O–H groups in total. The first-order chi connectivity index (χ1) is 8.49. The van der Waals surface area contributed by atoms with Crippen LogP contribution in [0.2, 0.25) is 10.3 Å². The Labute approximate surface area is 116 Å². The summed E-state index contributed by atoms with van der Waals surface area (Å²) >= 11 is 11.4. The molecule has 0 aliphatic heterocycles. The number of carbonyl (C=O) groups is 1. The van der Waals surface area contributed by atoms with Crippen LogP contribution in [-0.2, 0) is 4.74 Å². The van der Waals surface area contributed by atoms with Crippen LogP contribution in [0, 0.1) is 0 Å². The summed E-state index contributed by atoms with van der Waals surface area (Å²) in [6, 6.07) is 2.91. The average molecular weight is 289 g/mol. The smallest absolute Gasteiger partial charge is 0.251 e. The fraction of sp³-hybridized carbons (Fsp3) is 0.333. The van der Waals surface area contributed by atoms with E-state index in [0.717, 1.165) is 5.57 Å². The number of hydrogen-bond donors (Lipinski definition) is 1. The standard InChI is InChI=1S/C12H14Cl2N2O2/c1-8(2)7-18-4-3-15-12(17)9-5-10(13)16-11(14)6-9/h5-6H,1,3-4,7H2,2H3,(H,15,17). The molecule has 98 valence electrons. The summed E-state index contributed by atoms with van der Waals surface area (Å²) in [5.41, 5.74) is 1.31. The molecule has 0 aromatic carbocycles. The molecule has 6 heteroatoms. The molecule has 0 atom stereocenters. The molecule has 1 rings (SSSR count). The number of nitrogens with zero attached hydrogens (tertiary/aromatic N) is 1. The van der Waals surface area contributed by atoms with Gasteiger partial charge in [-0.3, -0.25) is 4.79 Å². The van der Waals surface area contributed by atoms with Crippen LogP contribution in [0.15, 0.2) is 24.3 Å². The van der Waals surface area contributed by atoms with Crippen molar-refractivity contribution >= 4 is 29.1 Å². The van der Waals surface area contributed by atoms with Gasteiger partial charge in [-0.15, -0.1) is 0 Å². The molecular formula is C12H14Cl2N2O2. The molecule has 0 spiro atoms. The van der Waals surface area contributed by atoms with Gasteiger partial charge in [-0.2, -0.15) is 0 Å². The van der Waals surface area contributed by atoms with Gasteiger partial charge in [-0.25, -0.2) is 4.98 Å². The molecule has 0 saturated carbocycles. The highest BCUT2D eigenvalue weighted by Gasteiger charge is 2.07. The van der Waals surface area contributed by atoms with Gasteiger partial charge in [0.15, 0.2) is 0 Å². The lowest BCUT2D eigenvalue weighted by Gasteiger charge is -2.06. The maximum Gasteiger partial charge on any atom is 0.251 e. The monoisotopic (exact) mass is 288 g/mol. The quantitative estimate of drug-likeness (QED) is 0.497. The van der Waals surface area contributed by atoms with Crippen LogP contribution in [0.4, 0.5) is 0 Å². The molecule has 0 aliphatic carbocycles. The highest BCUT2D eigenvalue weighted by atomic mass is 35.5. The highest BCUT2D eigenvalue weighted by Crippen LogP contribution is 2.14. The number of pyridine rings is 1. The largest absolute Gasteiger partial charge is 0.375 e. The second-order valence-electron chi connectivity index (χ2n) is 3.77. The van der Waals surface area contributed by atoms with Crippen LogP contribution in [0.1, 0.15) is 17.3 Å². The van der Waals surface area contributed by atoms with Gasteiger partial charge in [0.1, 0.15) is 10.3 Å². The fourth-order valence-corrected chi connectivity index (χ4v) is 1.64. The summed E-state index contributed by atoms with van der Waals surface area (Å²) in [5.74, 6) is -0.264. The molecule has 0 unspecified atom stereocenters. The third-order valence-corrected chi connectivity index (χ3v) is 2.29. The van der Waals surface area contributed by atoms with Crippen LogP contribution in [0.25, 0.3) is 0 Å². The van der Waals surface area contributed by atoms with Crippen LogP contribution in [-0.4, -0.2) is 30.6 Å². The van der Waals surface area contributed by atoms with E-state index in [1.165, 1.54) is 12.1 Å². The molecule has 1 amide bonds. The van der Waals surface area contributed by atoms with E-state index in [1.54, 1.807) is 0 Å². The predicted octanol–water partition coefficient (Wildman–Crippen LogP) is 2.71. The SMILES string of the molecule is C=C(C)COCCNC(=O)c1cc(Cl)nc(Cl)c1. The van der Waals surface area contributed by atoms with Gasteiger partial charge in [-0.1, -0.05) is 35.4 Å². The molecule has 0 fully saturated rings. The highest BCUT2D eigenvalue weighted by molar-refractivity contribution is 6.33. The maximum absolute atomic E-state index is 11.7. The average Bonchev–Trinajstić information content (AvgIpc) is 2.26. The zero-order valence-electron chi connectivity index (χ0n) is 10.0. The molecule has 18 heavy (non-hydrogen) atoms. The third kappa shape index (κ3) is 5.49. The first kappa shape index (κ1) is 15.0. The zero-order chi connectivity index (χ0) is 13.5. The van der Waals surface area contributed by atoms with Crippen LogP contribution < -0.4 is 5.32 Å². The van der Waals surface area contributed by atoms with Gasteiger partial charge in [0.2, 0.25) is 0 Å². The third-order valence-electron chi connectivity index (χ3n) is 1.91. The Morgan fingerprint density at radius 1 is 1.44 bits per heavy atom. The van der Waals surface area contributed by atoms with Crippen molar-refractivity contribution in [3.63, 3.8) is 0 Å². The first-order valence-corrected chi connectivity index (χ1v) is 6.08. The Hall–Kier alpha value is -1.10. The van der Waals surface area contributed by atoms with Crippen molar-refractivity contribution in [1.82, 2.24) is 10.3 Å². The number of ether oxygens (including phenoxy) is 1. The molecule has 0 aliphatic rings. The molecule has 0 radical (unpaired) electrons. The van der Waals surface area contributed by atoms with Crippen molar-refractivity contribution in [1.29, 1.82) is 0 Å². The molecule has 0 bridgehead atoms. The number of amides is 1. The van der Waals surface area contributed by atoms with Gasteiger partial charge >= 0.3 is 0 Å². The summed E-state index contributed by atoms with van der Waals surface area (Å²) in [7, 11) is 0. The predicted molar refractivity (Wildman–Crippen MR) is 72.2 cm³/mol. The molecule has 1 aromatic rings. The van der Waals surface area contributed by atoms with E-state index in [1.807, 2.05) is 6.92 Å². The Morgan fingerprint density at radius 2 is 2.06 bits per heavy atom. The number of hydrogen-bond acceptors (Lipinski definition) is 3. The Morgan fingerprint density at radius 3 is 2.61 bits per heavy atom. The van der Waals surface area contributed by atoms with E-state index in [-0.39, 0.29) is 16.2 Å². The Bertz CT molecular complexity index is 429. The summed E-state index contributed by atoms with van der Waals surface area (Å²) in [4.78, 5) is 15.5. The van der Waals surface area contributed by atoms with E-state index in [2.05, 4.69) is 16.9 Å². The minimum Gasteiger partial charge on any atom is -0.375 e.